The molecule has 6 heteroatoms. The standard InChI is InChI=1S/C12H12ClN5/c1-17-11(8-5-3-2-4-6-8)16-18-10(13)9(7-14)15-12(17)18/h2-6H,7,14H2,1H3. The molecule has 18 heavy (non-hydrogen) atoms. The van der Waals surface area contributed by atoms with Crippen molar-refractivity contribution in [1.82, 2.24) is 19.2 Å². The minimum atomic E-state index is 0.308. The molecular weight excluding hydrogens is 250 g/mol. The molecule has 0 fully saturated rings. The second-order valence-corrected chi connectivity index (χ2v) is 4.37. The summed E-state index contributed by atoms with van der Waals surface area (Å²) in [6.07, 6.45) is 0. The molecule has 0 amide bonds. The Morgan fingerprint density at radius 2 is 2.00 bits per heavy atom. The van der Waals surface area contributed by atoms with Crippen LogP contribution in [0, 0.1) is 0 Å². The molecule has 0 bridgehead atoms. The van der Waals surface area contributed by atoms with Gasteiger partial charge in [-0.15, -0.1) is 5.10 Å². The maximum absolute atomic E-state index is 6.17. The molecule has 92 valence electrons. The maximum Gasteiger partial charge on any atom is 0.233 e. The Kier molecular flexibility index (Phi) is 2.57. The number of rotatable bonds is 2. The van der Waals surface area contributed by atoms with Crippen LogP contribution in [0.1, 0.15) is 5.69 Å². The van der Waals surface area contributed by atoms with Gasteiger partial charge in [0.15, 0.2) is 11.0 Å². The van der Waals surface area contributed by atoms with Crippen LogP contribution in [0.3, 0.4) is 0 Å². The van der Waals surface area contributed by atoms with Gasteiger partial charge in [-0.3, -0.25) is 4.57 Å². The zero-order chi connectivity index (χ0) is 12.7. The largest absolute Gasteiger partial charge is 0.325 e. The van der Waals surface area contributed by atoms with E-state index in [0.717, 1.165) is 11.4 Å². The Morgan fingerprint density at radius 3 is 2.61 bits per heavy atom. The van der Waals surface area contributed by atoms with Crippen LogP contribution in [-0.4, -0.2) is 19.2 Å². The zero-order valence-corrected chi connectivity index (χ0v) is 10.6. The molecule has 0 aliphatic rings. The molecule has 0 radical (unpaired) electrons. The number of fused-ring (bicyclic) bond motifs is 1. The van der Waals surface area contributed by atoms with Crippen LogP contribution in [0.2, 0.25) is 5.15 Å². The van der Waals surface area contributed by atoms with Crippen molar-refractivity contribution in [2.75, 3.05) is 0 Å². The summed E-state index contributed by atoms with van der Waals surface area (Å²) in [5, 5.41) is 4.96. The Labute approximate surface area is 109 Å². The monoisotopic (exact) mass is 261 g/mol. The fourth-order valence-electron chi connectivity index (χ4n) is 1.95. The average Bonchev–Trinajstić information content (AvgIpc) is 2.89. The van der Waals surface area contributed by atoms with Crippen molar-refractivity contribution < 1.29 is 0 Å². The number of nitrogens with two attached hydrogens (primary N) is 1. The normalized spacial score (nSPS) is 11.3. The molecule has 3 aromatic rings. The summed E-state index contributed by atoms with van der Waals surface area (Å²) in [6, 6.07) is 9.91. The third-order valence-electron chi connectivity index (χ3n) is 2.89. The Hall–Kier alpha value is -1.85. The molecule has 0 saturated carbocycles. The molecule has 0 aliphatic carbocycles. The molecule has 3 rings (SSSR count). The first-order chi connectivity index (χ1) is 8.72. The van der Waals surface area contributed by atoms with E-state index in [2.05, 4.69) is 10.1 Å². The molecule has 0 atom stereocenters. The number of benzene rings is 1. The lowest BCUT2D eigenvalue weighted by molar-refractivity contribution is 0.924. The first kappa shape index (κ1) is 11.3. The van der Waals surface area contributed by atoms with Crippen molar-refractivity contribution >= 4 is 17.4 Å². The van der Waals surface area contributed by atoms with Crippen LogP contribution in [0.4, 0.5) is 0 Å². The molecule has 2 heterocycles. The molecule has 0 unspecified atom stereocenters. The highest BCUT2D eigenvalue weighted by molar-refractivity contribution is 6.30. The second-order valence-electron chi connectivity index (χ2n) is 4.01. The van der Waals surface area contributed by atoms with E-state index in [0.29, 0.717) is 23.2 Å². The SMILES string of the molecule is Cn1c(-c2ccccc2)nn2c(Cl)c(CN)nc12. The zero-order valence-electron chi connectivity index (χ0n) is 9.84. The maximum atomic E-state index is 6.17. The summed E-state index contributed by atoms with van der Waals surface area (Å²) < 4.78 is 3.52. The summed E-state index contributed by atoms with van der Waals surface area (Å²) in [7, 11) is 1.91. The number of aromatic nitrogens is 4. The number of hydrogen-bond acceptors (Lipinski definition) is 3. The molecule has 2 aromatic heterocycles. The Morgan fingerprint density at radius 1 is 1.28 bits per heavy atom. The van der Waals surface area contributed by atoms with Gasteiger partial charge >= 0.3 is 0 Å². The highest BCUT2D eigenvalue weighted by Gasteiger charge is 2.16. The van der Waals surface area contributed by atoms with E-state index < -0.39 is 0 Å². The number of halogens is 1. The summed E-state index contributed by atoms with van der Waals surface area (Å²) in [4.78, 5) is 4.38. The molecular formula is C12H12ClN5. The predicted molar refractivity (Wildman–Crippen MR) is 70.3 cm³/mol. The summed E-state index contributed by atoms with van der Waals surface area (Å²) in [5.74, 6) is 1.52. The van der Waals surface area contributed by atoms with Gasteiger partial charge in [-0.1, -0.05) is 41.9 Å². The lowest BCUT2D eigenvalue weighted by Gasteiger charge is -1.99. The average molecular weight is 262 g/mol. The van der Waals surface area contributed by atoms with Crippen molar-refractivity contribution in [3.05, 3.63) is 41.2 Å². The van der Waals surface area contributed by atoms with E-state index >= 15 is 0 Å². The van der Waals surface area contributed by atoms with Crippen molar-refractivity contribution in [3.8, 4) is 11.4 Å². The molecule has 0 spiro atoms. The van der Waals surface area contributed by atoms with E-state index in [1.807, 2.05) is 41.9 Å². The van der Waals surface area contributed by atoms with Crippen LogP contribution in [0.25, 0.3) is 17.2 Å². The third-order valence-corrected chi connectivity index (χ3v) is 3.26. The van der Waals surface area contributed by atoms with E-state index in [9.17, 15) is 0 Å². The van der Waals surface area contributed by atoms with Gasteiger partial charge in [0.25, 0.3) is 0 Å². The van der Waals surface area contributed by atoms with Gasteiger partial charge in [-0.25, -0.2) is 4.98 Å². The van der Waals surface area contributed by atoms with Gasteiger partial charge in [0.1, 0.15) is 0 Å². The van der Waals surface area contributed by atoms with Gasteiger partial charge in [0.2, 0.25) is 5.78 Å². The summed E-state index contributed by atoms with van der Waals surface area (Å²) in [5.41, 5.74) is 7.26. The van der Waals surface area contributed by atoms with Crippen molar-refractivity contribution in [3.63, 3.8) is 0 Å². The van der Waals surface area contributed by atoms with Crippen LogP contribution in [0.5, 0.6) is 0 Å². The van der Waals surface area contributed by atoms with E-state index in [1.54, 1.807) is 4.52 Å². The van der Waals surface area contributed by atoms with Crippen molar-refractivity contribution in [1.29, 1.82) is 0 Å². The number of hydrogen-bond donors (Lipinski definition) is 1. The first-order valence-corrected chi connectivity index (χ1v) is 5.95. The van der Waals surface area contributed by atoms with Crippen LogP contribution in [-0.2, 0) is 13.6 Å². The van der Waals surface area contributed by atoms with E-state index in [4.69, 9.17) is 17.3 Å². The predicted octanol–water partition coefficient (Wildman–Crippen LogP) is 1.85. The van der Waals surface area contributed by atoms with E-state index in [-0.39, 0.29) is 0 Å². The van der Waals surface area contributed by atoms with Gasteiger partial charge in [0.05, 0.1) is 5.69 Å². The third kappa shape index (κ3) is 1.52. The Bertz CT molecular complexity index is 698. The Balaban J connectivity index is 2.25. The second kappa shape index (κ2) is 4.12. The minimum absolute atomic E-state index is 0.308. The minimum Gasteiger partial charge on any atom is -0.325 e. The first-order valence-electron chi connectivity index (χ1n) is 5.57. The van der Waals surface area contributed by atoms with Gasteiger partial charge in [-0.2, -0.15) is 4.52 Å². The fraction of sp³-hybridized carbons (Fsp3) is 0.167. The van der Waals surface area contributed by atoms with Crippen molar-refractivity contribution in [2.24, 2.45) is 12.8 Å². The quantitative estimate of drug-likeness (QED) is 0.766. The van der Waals surface area contributed by atoms with Gasteiger partial charge < -0.3 is 5.73 Å². The molecule has 0 saturated heterocycles. The highest BCUT2D eigenvalue weighted by atomic mass is 35.5. The van der Waals surface area contributed by atoms with Gasteiger partial charge in [-0.05, 0) is 0 Å². The number of aryl methyl sites for hydroxylation is 1. The van der Waals surface area contributed by atoms with Crippen LogP contribution < -0.4 is 5.73 Å². The van der Waals surface area contributed by atoms with Crippen molar-refractivity contribution in [2.45, 2.75) is 6.54 Å². The highest BCUT2D eigenvalue weighted by Crippen LogP contribution is 2.23. The molecule has 0 aliphatic heterocycles. The van der Waals surface area contributed by atoms with Gasteiger partial charge in [0, 0.05) is 19.2 Å². The fourth-order valence-corrected chi connectivity index (χ4v) is 2.19. The van der Waals surface area contributed by atoms with E-state index in [1.165, 1.54) is 0 Å². The molecule has 5 nitrogen and oxygen atoms in total. The molecule has 1 aromatic carbocycles. The smallest absolute Gasteiger partial charge is 0.233 e. The van der Waals surface area contributed by atoms with Crippen LogP contribution in [0.15, 0.2) is 30.3 Å². The van der Waals surface area contributed by atoms with Crippen LogP contribution >= 0.6 is 11.6 Å². The number of nitrogens with zero attached hydrogens (tertiary/aromatic N) is 4. The lowest BCUT2D eigenvalue weighted by Crippen LogP contribution is -1.99. The lowest BCUT2D eigenvalue weighted by atomic mass is 10.2. The topological polar surface area (TPSA) is 61.1 Å². The summed E-state index contributed by atoms with van der Waals surface area (Å²) in [6.45, 7) is 0.308. The molecule has 2 N–H and O–H groups in total. The summed E-state index contributed by atoms with van der Waals surface area (Å²) >= 11 is 6.17. The number of imidazole rings is 1.